The van der Waals surface area contributed by atoms with Crippen molar-refractivity contribution in [2.24, 2.45) is 0 Å². The SMILES string of the molecule is N#Cc1cc(-c2ccc(F)cc2)c(O)cn1. The Morgan fingerprint density at radius 2 is 1.94 bits per heavy atom. The molecule has 1 aromatic heterocycles. The smallest absolute Gasteiger partial charge is 0.141 e. The second-order valence-electron chi connectivity index (χ2n) is 3.21. The minimum atomic E-state index is -0.349. The number of hydrogen-bond donors (Lipinski definition) is 1. The Kier molecular flexibility index (Phi) is 2.52. The van der Waals surface area contributed by atoms with E-state index in [9.17, 15) is 9.50 Å². The van der Waals surface area contributed by atoms with E-state index in [2.05, 4.69) is 4.98 Å². The lowest BCUT2D eigenvalue weighted by Crippen LogP contribution is -1.86. The second kappa shape index (κ2) is 3.99. The van der Waals surface area contributed by atoms with Crippen LogP contribution in [0.3, 0.4) is 0 Å². The van der Waals surface area contributed by atoms with Gasteiger partial charge in [-0.2, -0.15) is 5.26 Å². The van der Waals surface area contributed by atoms with E-state index < -0.39 is 0 Å². The zero-order valence-electron chi connectivity index (χ0n) is 8.18. The molecule has 0 aliphatic heterocycles. The van der Waals surface area contributed by atoms with Crippen LogP contribution in [0.1, 0.15) is 5.69 Å². The van der Waals surface area contributed by atoms with Crippen molar-refractivity contribution in [3.8, 4) is 22.9 Å². The van der Waals surface area contributed by atoms with Crippen LogP contribution in [0.2, 0.25) is 0 Å². The molecular weight excluding hydrogens is 207 g/mol. The van der Waals surface area contributed by atoms with Crippen molar-refractivity contribution in [3.63, 3.8) is 0 Å². The van der Waals surface area contributed by atoms with Gasteiger partial charge in [-0.25, -0.2) is 9.37 Å². The van der Waals surface area contributed by atoms with E-state index >= 15 is 0 Å². The summed E-state index contributed by atoms with van der Waals surface area (Å²) in [7, 11) is 0. The number of benzene rings is 1. The Bertz CT molecular complexity index is 558. The zero-order chi connectivity index (χ0) is 11.5. The highest BCUT2D eigenvalue weighted by molar-refractivity contribution is 5.70. The molecule has 1 heterocycles. The first kappa shape index (κ1) is 10.1. The maximum absolute atomic E-state index is 12.7. The van der Waals surface area contributed by atoms with Crippen LogP contribution in [0.5, 0.6) is 5.75 Å². The Morgan fingerprint density at radius 3 is 2.56 bits per heavy atom. The van der Waals surface area contributed by atoms with E-state index in [0.717, 1.165) is 0 Å². The molecule has 4 heteroatoms. The third-order valence-corrected chi connectivity index (χ3v) is 2.15. The van der Waals surface area contributed by atoms with E-state index in [-0.39, 0.29) is 17.3 Å². The van der Waals surface area contributed by atoms with Gasteiger partial charge in [0.15, 0.2) is 0 Å². The first-order valence-electron chi connectivity index (χ1n) is 4.56. The highest BCUT2D eigenvalue weighted by Crippen LogP contribution is 2.28. The number of pyridine rings is 1. The maximum atomic E-state index is 12.7. The van der Waals surface area contributed by atoms with Gasteiger partial charge in [0.05, 0.1) is 6.20 Å². The minimum absolute atomic E-state index is 0.0365. The van der Waals surface area contributed by atoms with Gasteiger partial charge >= 0.3 is 0 Å². The van der Waals surface area contributed by atoms with Crippen LogP contribution in [0.15, 0.2) is 36.5 Å². The predicted molar refractivity (Wildman–Crippen MR) is 56.0 cm³/mol. The quantitative estimate of drug-likeness (QED) is 0.793. The van der Waals surface area contributed by atoms with Crippen molar-refractivity contribution in [1.82, 2.24) is 4.98 Å². The summed E-state index contributed by atoms with van der Waals surface area (Å²) in [6, 6.07) is 8.99. The van der Waals surface area contributed by atoms with Crippen molar-refractivity contribution in [2.75, 3.05) is 0 Å². The summed E-state index contributed by atoms with van der Waals surface area (Å²) in [4.78, 5) is 3.72. The second-order valence-corrected chi connectivity index (χ2v) is 3.21. The van der Waals surface area contributed by atoms with Gasteiger partial charge in [-0.15, -0.1) is 0 Å². The molecule has 0 spiro atoms. The number of hydrogen-bond acceptors (Lipinski definition) is 3. The van der Waals surface area contributed by atoms with Crippen molar-refractivity contribution in [1.29, 1.82) is 5.26 Å². The molecule has 0 saturated carbocycles. The lowest BCUT2D eigenvalue weighted by atomic mass is 10.1. The van der Waals surface area contributed by atoms with Gasteiger partial charge in [-0.1, -0.05) is 12.1 Å². The normalized spacial score (nSPS) is 9.75. The highest BCUT2D eigenvalue weighted by Gasteiger charge is 2.06. The minimum Gasteiger partial charge on any atom is -0.506 e. The fourth-order valence-corrected chi connectivity index (χ4v) is 1.37. The summed E-state index contributed by atoms with van der Waals surface area (Å²) in [5.74, 6) is -0.386. The van der Waals surface area contributed by atoms with Gasteiger partial charge in [0, 0.05) is 5.56 Å². The molecule has 0 saturated heterocycles. The summed E-state index contributed by atoms with van der Waals surface area (Å²) in [6.07, 6.45) is 1.21. The van der Waals surface area contributed by atoms with E-state index in [1.165, 1.54) is 36.5 Å². The summed E-state index contributed by atoms with van der Waals surface area (Å²) >= 11 is 0. The number of nitriles is 1. The van der Waals surface area contributed by atoms with E-state index in [1.54, 1.807) is 0 Å². The first-order valence-corrected chi connectivity index (χ1v) is 4.56. The molecule has 3 nitrogen and oxygen atoms in total. The Labute approximate surface area is 91.4 Å². The first-order chi connectivity index (χ1) is 7.70. The molecule has 0 fully saturated rings. The number of rotatable bonds is 1. The molecule has 0 amide bonds. The molecule has 78 valence electrons. The topological polar surface area (TPSA) is 56.9 Å². The van der Waals surface area contributed by atoms with E-state index in [1.807, 2.05) is 6.07 Å². The summed E-state index contributed by atoms with van der Waals surface area (Å²) in [6.45, 7) is 0. The molecule has 0 atom stereocenters. The van der Waals surface area contributed by atoms with Crippen LogP contribution >= 0.6 is 0 Å². The molecule has 0 radical (unpaired) electrons. The van der Waals surface area contributed by atoms with Gasteiger partial charge in [0.25, 0.3) is 0 Å². The Balaban J connectivity index is 2.55. The van der Waals surface area contributed by atoms with E-state index in [0.29, 0.717) is 11.1 Å². The summed E-state index contributed by atoms with van der Waals surface area (Å²) in [5.41, 5.74) is 1.31. The number of halogens is 1. The van der Waals surface area contributed by atoms with Gasteiger partial charge in [-0.3, -0.25) is 0 Å². The molecule has 1 N–H and O–H groups in total. The number of nitrogens with zero attached hydrogens (tertiary/aromatic N) is 2. The summed E-state index contributed by atoms with van der Waals surface area (Å²) < 4.78 is 12.7. The largest absolute Gasteiger partial charge is 0.506 e. The Hall–Kier alpha value is -2.41. The maximum Gasteiger partial charge on any atom is 0.141 e. The fourth-order valence-electron chi connectivity index (χ4n) is 1.37. The lowest BCUT2D eigenvalue weighted by molar-refractivity contribution is 0.474. The van der Waals surface area contributed by atoms with Crippen molar-refractivity contribution >= 4 is 0 Å². The average molecular weight is 214 g/mol. The fraction of sp³-hybridized carbons (Fsp3) is 0. The third kappa shape index (κ3) is 1.84. The van der Waals surface area contributed by atoms with Gasteiger partial charge in [-0.05, 0) is 23.8 Å². The highest BCUT2D eigenvalue weighted by atomic mass is 19.1. The molecule has 0 aliphatic carbocycles. The molecule has 2 rings (SSSR count). The van der Waals surface area contributed by atoms with Crippen molar-refractivity contribution < 1.29 is 9.50 Å². The van der Waals surface area contributed by atoms with Crippen molar-refractivity contribution in [2.45, 2.75) is 0 Å². The molecule has 0 unspecified atom stereocenters. The molecule has 1 aromatic carbocycles. The molecule has 16 heavy (non-hydrogen) atoms. The van der Waals surface area contributed by atoms with Gasteiger partial charge in [0.1, 0.15) is 23.3 Å². The molecule has 2 aromatic rings. The van der Waals surface area contributed by atoms with Gasteiger partial charge < -0.3 is 5.11 Å². The number of aromatic nitrogens is 1. The number of aromatic hydroxyl groups is 1. The molecule has 0 bridgehead atoms. The predicted octanol–water partition coefficient (Wildman–Crippen LogP) is 2.46. The van der Waals surface area contributed by atoms with E-state index in [4.69, 9.17) is 5.26 Å². The zero-order valence-corrected chi connectivity index (χ0v) is 8.18. The van der Waals surface area contributed by atoms with Crippen LogP contribution in [0.4, 0.5) is 4.39 Å². The standard InChI is InChI=1S/C12H7FN2O/c13-9-3-1-8(2-4-9)11-5-10(6-14)15-7-12(11)16/h1-5,7,16H. The van der Waals surface area contributed by atoms with Crippen LogP contribution in [0, 0.1) is 17.1 Å². The van der Waals surface area contributed by atoms with Gasteiger partial charge in [0.2, 0.25) is 0 Å². The monoisotopic (exact) mass is 214 g/mol. The third-order valence-electron chi connectivity index (χ3n) is 2.15. The van der Waals surface area contributed by atoms with Crippen LogP contribution in [-0.2, 0) is 0 Å². The lowest BCUT2D eigenvalue weighted by Gasteiger charge is -2.04. The van der Waals surface area contributed by atoms with Crippen LogP contribution in [-0.4, -0.2) is 10.1 Å². The van der Waals surface area contributed by atoms with Crippen molar-refractivity contribution in [3.05, 3.63) is 48.0 Å². The molecule has 0 aliphatic rings. The average Bonchev–Trinajstić information content (AvgIpc) is 2.31. The Morgan fingerprint density at radius 1 is 1.25 bits per heavy atom. The van der Waals surface area contributed by atoms with Crippen LogP contribution < -0.4 is 0 Å². The summed E-state index contributed by atoms with van der Waals surface area (Å²) in [5, 5.41) is 18.3. The molecular formula is C12H7FN2O. The van der Waals surface area contributed by atoms with Crippen LogP contribution in [0.25, 0.3) is 11.1 Å².